The Labute approximate surface area is 205 Å². The molecule has 0 N–H and O–H groups in total. The summed E-state index contributed by atoms with van der Waals surface area (Å²) in [6.45, 7) is 6.64. The fraction of sp³-hybridized carbons (Fsp3) is 0.533. The summed E-state index contributed by atoms with van der Waals surface area (Å²) in [5.41, 5.74) is 1.75. The number of unbranched alkanes of at least 4 members (excludes halogenated alkanes) is 2. The molecule has 1 unspecified atom stereocenters. The van der Waals surface area contributed by atoms with Crippen LogP contribution in [0.2, 0.25) is 0 Å². The van der Waals surface area contributed by atoms with Crippen LogP contribution in [0, 0.1) is 17.8 Å². The molecule has 2 aromatic carbocycles. The van der Waals surface area contributed by atoms with Gasteiger partial charge in [-0.3, -0.25) is 4.79 Å². The van der Waals surface area contributed by atoms with Crippen LogP contribution in [-0.4, -0.2) is 11.9 Å². The summed E-state index contributed by atoms with van der Waals surface area (Å²) >= 11 is 0. The van der Waals surface area contributed by atoms with Crippen molar-refractivity contribution in [1.82, 2.24) is 0 Å². The van der Waals surface area contributed by atoms with Crippen molar-refractivity contribution in [1.29, 1.82) is 0 Å². The highest BCUT2D eigenvalue weighted by Crippen LogP contribution is 2.33. The predicted molar refractivity (Wildman–Crippen MR) is 136 cm³/mol. The molecule has 3 rings (SSSR count). The highest BCUT2D eigenvalue weighted by Gasteiger charge is 2.27. The van der Waals surface area contributed by atoms with Crippen molar-refractivity contribution >= 4 is 11.9 Å². The number of hydrogen-bond donors (Lipinski definition) is 0. The van der Waals surface area contributed by atoms with Gasteiger partial charge in [0.05, 0.1) is 11.5 Å². The first-order valence-corrected chi connectivity index (χ1v) is 13.1. The van der Waals surface area contributed by atoms with Gasteiger partial charge in [-0.15, -0.1) is 0 Å². The zero-order chi connectivity index (χ0) is 24.3. The molecule has 2 aromatic rings. The Morgan fingerprint density at radius 3 is 2.06 bits per heavy atom. The summed E-state index contributed by atoms with van der Waals surface area (Å²) in [6.07, 6.45) is 11.4. The Bertz CT molecular complexity index is 892. The van der Waals surface area contributed by atoms with Crippen molar-refractivity contribution in [2.75, 3.05) is 0 Å². The first kappa shape index (κ1) is 26.0. The number of carbonyl (C=O) groups is 2. The molecule has 4 heteroatoms. The summed E-state index contributed by atoms with van der Waals surface area (Å²) < 4.78 is 11.1. The zero-order valence-electron chi connectivity index (χ0n) is 21.1. The molecule has 4 nitrogen and oxygen atoms in total. The molecule has 1 aliphatic rings. The van der Waals surface area contributed by atoms with Crippen molar-refractivity contribution in [2.45, 2.75) is 85.0 Å². The average Bonchev–Trinajstić information content (AvgIpc) is 2.86. The molecule has 0 radical (unpaired) electrons. The third-order valence-electron chi connectivity index (χ3n) is 7.12. The van der Waals surface area contributed by atoms with Crippen LogP contribution in [0.4, 0.5) is 0 Å². The van der Waals surface area contributed by atoms with Crippen LogP contribution in [0.15, 0.2) is 48.5 Å². The Hall–Kier alpha value is -2.62. The van der Waals surface area contributed by atoms with Gasteiger partial charge in [0.2, 0.25) is 0 Å². The van der Waals surface area contributed by atoms with E-state index in [1.54, 1.807) is 24.3 Å². The quantitative estimate of drug-likeness (QED) is 0.193. The summed E-state index contributed by atoms with van der Waals surface area (Å²) in [4.78, 5) is 25.1. The minimum absolute atomic E-state index is 0.0109. The monoisotopic (exact) mass is 464 g/mol. The number of benzene rings is 2. The van der Waals surface area contributed by atoms with Crippen molar-refractivity contribution in [3.05, 3.63) is 59.7 Å². The van der Waals surface area contributed by atoms with Gasteiger partial charge in [0.15, 0.2) is 0 Å². The third-order valence-corrected chi connectivity index (χ3v) is 7.12. The van der Waals surface area contributed by atoms with Crippen LogP contribution in [0.25, 0.3) is 0 Å². The lowest BCUT2D eigenvalue weighted by atomic mass is 9.80. The molecule has 0 amide bonds. The maximum absolute atomic E-state index is 12.6. The van der Waals surface area contributed by atoms with Gasteiger partial charge in [-0.1, -0.05) is 65.0 Å². The SMILES string of the molecule is CCCCCC1CCC(C(=O)Oc2ccc(OC(=O)c3ccc(CC(C)CC)cc3)cc2)CC1. The van der Waals surface area contributed by atoms with Crippen LogP contribution in [0.3, 0.4) is 0 Å². The largest absolute Gasteiger partial charge is 0.426 e. The van der Waals surface area contributed by atoms with Gasteiger partial charge in [-0.05, 0) is 85.9 Å². The van der Waals surface area contributed by atoms with Gasteiger partial charge in [-0.2, -0.15) is 0 Å². The van der Waals surface area contributed by atoms with Crippen LogP contribution in [0.5, 0.6) is 11.5 Å². The average molecular weight is 465 g/mol. The lowest BCUT2D eigenvalue weighted by molar-refractivity contribution is -0.140. The number of carbonyl (C=O) groups excluding carboxylic acids is 2. The molecule has 0 spiro atoms. The zero-order valence-corrected chi connectivity index (χ0v) is 21.1. The third kappa shape index (κ3) is 8.00. The van der Waals surface area contributed by atoms with E-state index in [-0.39, 0.29) is 11.9 Å². The molecule has 0 aliphatic heterocycles. The number of rotatable bonds is 11. The topological polar surface area (TPSA) is 52.6 Å². The Morgan fingerprint density at radius 2 is 1.47 bits per heavy atom. The lowest BCUT2D eigenvalue weighted by Crippen LogP contribution is -2.25. The number of hydrogen-bond acceptors (Lipinski definition) is 4. The van der Waals surface area contributed by atoms with E-state index in [2.05, 4.69) is 20.8 Å². The molecule has 1 atom stereocenters. The van der Waals surface area contributed by atoms with Gasteiger partial charge in [0.1, 0.15) is 11.5 Å². The van der Waals surface area contributed by atoms with Crippen LogP contribution >= 0.6 is 0 Å². The first-order valence-electron chi connectivity index (χ1n) is 13.1. The van der Waals surface area contributed by atoms with Gasteiger partial charge in [0, 0.05) is 0 Å². The molecule has 1 fully saturated rings. The fourth-order valence-corrected chi connectivity index (χ4v) is 4.63. The molecule has 184 valence electrons. The molecule has 1 aliphatic carbocycles. The molecule has 34 heavy (non-hydrogen) atoms. The lowest BCUT2D eigenvalue weighted by Gasteiger charge is -2.27. The van der Waals surface area contributed by atoms with Crippen LogP contribution < -0.4 is 9.47 Å². The van der Waals surface area contributed by atoms with Crippen LogP contribution in [-0.2, 0) is 11.2 Å². The molecular formula is C30H40O4. The molecule has 0 heterocycles. The van der Waals surface area contributed by atoms with Gasteiger partial charge in [0.25, 0.3) is 0 Å². The van der Waals surface area contributed by atoms with E-state index < -0.39 is 5.97 Å². The smallest absolute Gasteiger partial charge is 0.343 e. The standard InChI is InChI=1S/C30H40O4/c1-4-6-7-8-23-9-13-25(14-10-23)29(31)33-27-17-19-28(20-18-27)34-30(32)26-15-11-24(12-16-26)21-22(3)5-2/h11-12,15-20,22-23,25H,4-10,13-14,21H2,1-3H3. The second-order valence-corrected chi connectivity index (χ2v) is 9.91. The molecule has 0 bridgehead atoms. The Morgan fingerprint density at radius 1 is 0.853 bits per heavy atom. The van der Waals surface area contributed by atoms with Crippen molar-refractivity contribution in [3.8, 4) is 11.5 Å². The number of esters is 2. The van der Waals surface area contributed by atoms with E-state index in [1.165, 1.54) is 31.2 Å². The minimum atomic E-state index is -0.393. The molecule has 0 aromatic heterocycles. The van der Waals surface area contributed by atoms with E-state index in [0.29, 0.717) is 23.0 Å². The van der Waals surface area contributed by atoms with E-state index in [9.17, 15) is 9.59 Å². The molecule has 0 saturated heterocycles. The fourth-order valence-electron chi connectivity index (χ4n) is 4.63. The highest BCUT2D eigenvalue weighted by atomic mass is 16.5. The van der Waals surface area contributed by atoms with E-state index in [0.717, 1.165) is 44.4 Å². The summed E-state index contributed by atoms with van der Waals surface area (Å²) in [6, 6.07) is 14.3. The van der Waals surface area contributed by atoms with E-state index in [1.807, 2.05) is 24.3 Å². The maximum atomic E-state index is 12.6. The number of ether oxygens (including phenoxy) is 2. The molecule has 1 saturated carbocycles. The Balaban J connectivity index is 1.45. The summed E-state index contributed by atoms with van der Waals surface area (Å²) in [7, 11) is 0. The van der Waals surface area contributed by atoms with Crippen LogP contribution in [0.1, 0.15) is 94.5 Å². The molecular weight excluding hydrogens is 424 g/mol. The van der Waals surface area contributed by atoms with Crippen molar-refractivity contribution < 1.29 is 19.1 Å². The Kier molecular flexibility index (Phi) is 10.2. The second-order valence-electron chi connectivity index (χ2n) is 9.91. The van der Waals surface area contributed by atoms with Gasteiger partial charge in [-0.25, -0.2) is 4.79 Å². The normalized spacial score (nSPS) is 18.8. The summed E-state index contributed by atoms with van der Waals surface area (Å²) in [5, 5.41) is 0. The van der Waals surface area contributed by atoms with Crippen molar-refractivity contribution in [3.63, 3.8) is 0 Å². The maximum Gasteiger partial charge on any atom is 0.343 e. The van der Waals surface area contributed by atoms with Gasteiger partial charge >= 0.3 is 11.9 Å². The van der Waals surface area contributed by atoms with E-state index >= 15 is 0 Å². The van der Waals surface area contributed by atoms with Crippen molar-refractivity contribution in [2.24, 2.45) is 17.8 Å². The first-order chi connectivity index (χ1) is 16.5. The highest BCUT2D eigenvalue weighted by molar-refractivity contribution is 5.91. The van der Waals surface area contributed by atoms with Gasteiger partial charge < -0.3 is 9.47 Å². The van der Waals surface area contributed by atoms with E-state index in [4.69, 9.17) is 9.47 Å². The predicted octanol–water partition coefficient (Wildman–Crippen LogP) is 7.79. The second kappa shape index (κ2) is 13.3. The minimum Gasteiger partial charge on any atom is -0.426 e. The summed E-state index contributed by atoms with van der Waals surface area (Å²) in [5.74, 6) is 1.76.